The summed E-state index contributed by atoms with van der Waals surface area (Å²) in [6, 6.07) is 3.44. The molecule has 0 saturated heterocycles. The van der Waals surface area contributed by atoms with Gasteiger partial charge in [-0.25, -0.2) is 4.98 Å². The van der Waals surface area contributed by atoms with Crippen molar-refractivity contribution < 1.29 is 9.84 Å². The molecule has 1 atom stereocenters. The van der Waals surface area contributed by atoms with Crippen LogP contribution in [0, 0.1) is 0 Å². The van der Waals surface area contributed by atoms with Crippen LogP contribution in [-0.4, -0.2) is 36.5 Å². The quantitative estimate of drug-likeness (QED) is 0.546. The lowest BCUT2D eigenvalue weighted by atomic mass is 10.2. The van der Waals surface area contributed by atoms with Gasteiger partial charge < -0.3 is 26.6 Å². The maximum absolute atomic E-state index is 9.40. The van der Waals surface area contributed by atoms with Crippen LogP contribution in [0.5, 0.6) is 0 Å². The first-order chi connectivity index (χ1) is 7.63. The third-order valence-corrected chi connectivity index (χ3v) is 2.10. The standard InChI is InChI=1S/C10H18N4O2/c1-16-6-7(15)4-5-13-9-3-2-8(11)10(12)14-9/h2-3,7,15H,4-6,11H2,1H3,(H3,12,13,14). The van der Waals surface area contributed by atoms with Gasteiger partial charge in [-0.3, -0.25) is 0 Å². The van der Waals surface area contributed by atoms with Gasteiger partial charge >= 0.3 is 0 Å². The molecule has 6 N–H and O–H groups in total. The van der Waals surface area contributed by atoms with Crippen LogP contribution in [0.3, 0.4) is 0 Å². The van der Waals surface area contributed by atoms with Crippen molar-refractivity contribution in [3.05, 3.63) is 12.1 Å². The van der Waals surface area contributed by atoms with Crippen LogP contribution in [0.15, 0.2) is 12.1 Å². The molecule has 0 bridgehead atoms. The highest BCUT2D eigenvalue weighted by molar-refractivity contribution is 5.61. The fourth-order valence-corrected chi connectivity index (χ4v) is 1.23. The Bertz CT molecular complexity index is 333. The predicted octanol–water partition coefficient (Wildman–Crippen LogP) is 0.0553. The number of aliphatic hydroxyl groups is 1. The summed E-state index contributed by atoms with van der Waals surface area (Å²) in [5.41, 5.74) is 11.6. The third kappa shape index (κ3) is 3.92. The van der Waals surface area contributed by atoms with Crippen LogP contribution >= 0.6 is 0 Å². The molecule has 0 fully saturated rings. The number of hydrogen-bond donors (Lipinski definition) is 4. The van der Waals surface area contributed by atoms with Gasteiger partial charge in [0.1, 0.15) is 11.6 Å². The Labute approximate surface area is 94.6 Å². The minimum Gasteiger partial charge on any atom is -0.396 e. The number of ether oxygens (including phenoxy) is 1. The number of rotatable bonds is 6. The smallest absolute Gasteiger partial charge is 0.149 e. The van der Waals surface area contributed by atoms with E-state index in [0.29, 0.717) is 36.9 Å². The van der Waals surface area contributed by atoms with E-state index in [0.717, 1.165) is 0 Å². The Kier molecular flexibility index (Phi) is 4.81. The van der Waals surface area contributed by atoms with E-state index in [1.54, 1.807) is 19.2 Å². The van der Waals surface area contributed by atoms with Gasteiger partial charge in [0, 0.05) is 13.7 Å². The maximum Gasteiger partial charge on any atom is 0.149 e. The molecule has 0 aliphatic heterocycles. The second-order valence-corrected chi connectivity index (χ2v) is 3.50. The number of nitrogen functional groups attached to an aromatic ring is 2. The van der Waals surface area contributed by atoms with E-state index in [1.165, 1.54) is 0 Å². The first-order valence-electron chi connectivity index (χ1n) is 5.06. The number of nitrogens with zero attached hydrogens (tertiary/aromatic N) is 1. The number of pyridine rings is 1. The van der Waals surface area contributed by atoms with Crippen LogP contribution in [0.25, 0.3) is 0 Å². The van der Waals surface area contributed by atoms with Crippen molar-refractivity contribution in [3.63, 3.8) is 0 Å². The summed E-state index contributed by atoms with van der Waals surface area (Å²) in [6.45, 7) is 0.930. The summed E-state index contributed by atoms with van der Waals surface area (Å²) < 4.78 is 4.81. The molecular weight excluding hydrogens is 208 g/mol. The second kappa shape index (κ2) is 6.14. The molecule has 16 heavy (non-hydrogen) atoms. The number of aromatic nitrogens is 1. The van der Waals surface area contributed by atoms with Crippen LogP contribution in [-0.2, 0) is 4.74 Å². The minimum absolute atomic E-state index is 0.308. The molecule has 0 radical (unpaired) electrons. The molecule has 1 aromatic rings. The van der Waals surface area contributed by atoms with E-state index in [1.807, 2.05) is 0 Å². The topological polar surface area (TPSA) is 106 Å². The summed E-state index contributed by atoms with van der Waals surface area (Å²) in [5.74, 6) is 0.957. The zero-order valence-electron chi connectivity index (χ0n) is 9.31. The Morgan fingerprint density at radius 3 is 2.88 bits per heavy atom. The van der Waals surface area contributed by atoms with E-state index in [4.69, 9.17) is 16.2 Å². The monoisotopic (exact) mass is 226 g/mol. The van der Waals surface area contributed by atoms with Gasteiger partial charge in [0.25, 0.3) is 0 Å². The Hall–Kier alpha value is -1.53. The molecule has 0 aromatic carbocycles. The fourth-order valence-electron chi connectivity index (χ4n) is 1.23. The molecule has 1 aromatic heterocycles. The van der Waals surface area contributed by atoms with E-state index in [9.17, 15) is 5.11 Å². The van der Waals surface area contributed by atoms with Crippen molar-refractivity contribution in [3.8, 4) is 0 Å². The molecule has 6 nitrogen and oxygen atoms in total. The minimum atomic E-state index is -0.469. The molecule has 1 heterocycles. The average Bonchev–Trinajstić information content (AvgIpc) is 2.24. The van der Waals surface area contributed by atoms with Gasteiger partial charge in [-0.2, -0.15) is 0 Å². The number of nitrogens with one attached hydrogen (secondary N) is 1. The zero-order valence-corrected chi connectivity index (χ0v) is 9.31. The number of nitrogens with two attached hydrogens (primary N) is 2. The lowest BCUT2D eigenvalue weighted by molar-refractivity contribution is 0.0615. The molecule has 90 valence electrons. The first kappa shape index (κ1) is 12.5. The highest BCUT2D eigenvalue weighted by Crippen LogP contribution is 2.14. The van der Waals surface area contributed by atoms with Crippen molar-refractivity contribution in [1.29, 1.82) is 0 Å². The summed E-state index contributed by atoms with van der Waals surface area (Å²) in [6.07, 6.45) is 0.114. The fraction of sp³-hybridized carbons (Fsp3) is 0.500. The van der Waals surface area contributed by atoms with Gasteiger partial charge in [0.2, 0.25) is 0 Å². The van der Waals surface area contributed by atoms with Crippen molar-refractivity contribution in [2.45, 2.75) is 12.5 Å². The summed E-state index contributed by atoms with van der Waals surface area (Å²) in [7, 11) is 1.55. The highest BCUT2D eigenvalue weighted by Gasteiger charge is 2.03. The Balaban J connectivity index is 2.34. The number of anilines is 3. The molecule has 0 spiro atoms. The Morgan fingerprint density at radius 2 is 2.25 bits per heavy atom. The summed E-state index contributed by atoms with van der Waals surface area (Å²) >= 11 is 0. The van der Waals surface area contributed by atoms with Crippen molar-refractivity contribution in [1.82, 2.24) is 4.98 Å². The predicted molar refractivity (Wildman–Crippen MR) is 64.1 cm³/mol. The molecule has 0 aliphatic carbocycles. The third-order valence-electron chi connectivity index (χ3n) is 2.10. The molecule has 0 aliphatic rings. The Morgan fingerprint density at radius 1 is 1.50 bits per heavy atom. The number of hydrogen-bond acceptors (Lipinski definition) is 6. The average molecular weight is 226 g/mol. The summed E-state index contributed by atoms with van der Waals surface area (Å²) in [5, 5.41) is 12.4. The number of aliphatic hydroxyl groups excluding tert-OH is 1. The molecule has 0 saturated carbocycles. The molecule has 1 unspecified atom stereocenters. The van der Waals surface area contributed by atoms with Crippen LogP contribution in [0.4, 0.5) is 17.3 Å². The van der Waals surface area contributed by atoms with Gasteiger partial charge in [-0.05, 0) is 18.6 Å². The van der Waals surface area contributed by atoms with Crippen molar-refractivity contribution in [2.75, 3.05) is 37.0 Å². The van der Waals surface area contributed by atoms with Gasteiger partial charge in [0.15, 0.2) is 0 Å². The van der Waals surface area contributed by atoms with Crippen molar-refractivity contribution >= 4 is 17.3 Å². The van der Waals surface area contributed by atoms with Crippen LogP contribution < -0.4 is 16.8 Å². The first-order valence-corrected chi connectivity index (χ1v) is 5.06. The van der Waals surface area contributed by atoms with E-state index in [-0.39, 0.29) is 0 Å². The molecule has 0 amide bonds. The van der Waals surface area contributed by atoms with Gasteiger partial charge in [-0.1, -0.05) is 0 Å². The molecule has 6 heteroatoms. The normalized spacial score (nSPS) is 12.4. The SMILES string of the molecule is COCC(O)CCNc1ccc(N)c(N)n1. The van der Waals surface area contributed by atoms with Gasteiger partial charge in [-0.15, -0.1) is 0 Å². The largest absolute Gasteiger partial charge is 0.396 e. The van der Waals surface area contributed by atoms with E-state index in [2.05, 4.69) is 10.3 Å². The maximum atomic E-state index is 9.40. The summed E-state index contributed by atoms with van der Waals surface area (Å²) in [4.78, 5) is 4.04. The van der Waals surface area contributed by atoms with E-state index < -0.39 is 6.10 Å². The molecular formula is C10H18N4O2. The lowest BCUT2D eigenvalue weighted by Crippen LogP contribution is -2.18. The van der Waals surface area contributed by atoms with Crippen LogP contribution in [0.1, 0.15) is 6.42 Å². The second-order valence-electron chi connectivity index (χ2n) is 3.50. The van der Waals surface area contributed by atoms with Crippen molar-refractivity contribution in [2.24, 2.45) is 0 Å². The lowest BCUT2D eigenvalue weighted by Gasteiger charge is -2.11. The van der Waals surface area contributed by atoms with Gasteiger partial charge in [0.05, 0.1) is 18.4 Å². The zero-order chi connectivity index (χ0) is 12.0. The molecule has 1 rings (SSSR count). The highest BCUT2D eigenvalue weighted by atomic mass is 16.5. The number of methoxy groups -OCH3 is 1. The van der Waals surface area contributed by atoms with Crippen LogP contribution in [0.2, 0.25) is 0 Å². The van der Waals surface area contributed by atoms with E-state index >= 15 is 0 Å².